The summed E-state index contributed by atoms with van der Waals surface area (Å²) in [6.45, 7) is 4.67. The Morgan fingerprint density at radius 2 is 1.97 bits per heavy atom. The second kappa shape index (κ2) is 8.50. The number of imidazole rings is 1. The number of benzene rings is 1. The second-order valence-electron chi connectivity index (χ2n) is 8.37. The van der Waals surface area contributed by atoms with Crippen LogP contribution in [0.4, 0.5) is 5.95 Å². The first kappa shape index (κ1) is 20.9. The fourth-order valence-corrected chi connectivity index (χ4v) is 4.94. The monoisotopic (exact) mass is 454 g/mol. The molecule has 0 spiro atoms. The Hall–Kier alpha value is -3.01. The highest BCUT2D eigenvalue weighted by Crippen LogP contribution is 2.27. The number of oxazole rings is 1. The lowest BCUT2D eigenvalue weighted by molar-refractivity contribution is 0.431. The molecular weight excluding hydrogens is 428 g/mol. The average Bonchev–Trinajstić information content (AvgIpc) is 3.37. The molecule has 1 aliphatic heterocycles. The highest BCUT2D eigenvalue weighted by molar-refractivity contribution is 7.99. The number of rotatable bonds is 6. The van der Waals surface area contributed by atoms with Crippen molar-refractivity contribution in [3.8, 4) is 0 Å². The van der Waals surface area contributed by atoms with Gasteiger partial charge in [0.1, 0.15) is 5.52 Å². The summed E-state index contributed by atoms with van der Waals surface area (Å²) in [6, 6.07) is 7.71. The third-order valence-electron chi connectivity index (χ3n) is 6.08. The summed E-state index contributed by atoms with van der Waals surface area (Å²) in [5.74, 6) is 2.24. The molecule has 0 radical (unpaired) electrons. The first-order valence-corrected chi connectivity index (χ1v) is 11.9. The number of aryl methyl sites for hydroxylation is 2. The van der Waals surface area contributed by atoms with Crippen molar-refractivity contribution in [2.24, 2.45) is 13.0 Å². The molecule has 4 heterocycles. The van der Waals surface area contributed by atoms with Crippen LogP contribution in [0.1, 0.15) is 26.2 Å². The molecule has 9 nitrogen and oxygen atoms in total. The van der Waals surface area contributed by atoms with Crippen LogP contribution < -0.4 is 16.1 Å². The van der Waals surface area contributed by atoms with Crippen molar-refractivity contribution >= 4 is 40.0 Å². The highest BCUT2D eigenvalue weighted by atomic mass is 32.2. The molecule has 0 aliphatic carbocycles. The van der Waals surface area contributed by atoms with Gasteiger partial charge < -0.3 is 13.9 Å². The van der Waals surface area contributed by atoms with Crippen molar-refractivity contribution in [3.63, 3.8) is 0 Å². The maximum absolute atomic E-state index is 12.7. The van der Waals surface area contributed by atoms with Crippen LogP contribution in [0.15, 0.2) is 43.5 Å². The van der Waals surface area contributed by atoms with E-state index in [1.807, 2.05) is 28.8 Å². The van der Waals surface area contributed by atoms with E-state index in [9.17, 15) is 9.59 Å². The van der Waals surface area contributed by atoms with E-state index in [1.54, 1.807) is 18.8 Å². The van der Waals surface area contributed by atoms with Crippen molar-refractivity contribution in [1.29, 1.82) is 0 Å². The van der Waals surface area contributed by atoms with Gasteiger partial charge in [0.25, 0.3) is 10.8 Å². The SMILES string of the molecule is CC1CCN(c2nc3c(c(=O)[nH]c(=O)n3C)n2CCCSc2nc3ccccc3o2)CC1. The lowest BCUT2D eigenvalue weighted by Gasteiger charge is -2.31. The van der Waals surface area contributed by atoms with Gasteiger partial charge in [0, 0.05) is 32.4 Å². The Bertz CT molecular complexity index is 1340. The molecule has 32 heavy (non-hydrogen) atoms. The molecule has 0 unspecified atom stereocenters. The largest absolute Gasteiger partial charge is 0.431 e. The van der Waals surface area contributed by atoms with Crippen molar-refractivity contribution < 1.29 is 4.42 Å². The van der Waals surface area contributed by atoms with Crippen LogP contribution >= 0.6 is 11.8 Å². The first-order valence-electron chi connectivity index (χ1n) is 10.9. The Balaban J connectivity index is 1.39. The Morgan fingerprint density at radius 1 is 1.19 bits per heavy atom. The molecule has 0 atom stereocenters. The van der Waals surface area contributed by atoms with E-state index in [1.165, 1.54) is 4.57 Å². The molecule has 1 fully saturated rings. The van der Waals surface area contributed by atoms with Crippen LogP contribution in [-0.4, -0.2) is 42.9 Å². The number of fused-ring (bicyclic) bond motifs is 2. The van der Waals surface area contributed by atoms with Crippen LogP contribution in [0, 0.1) is 5.92 Å². The van der Waals surface area contributed by atoms with E-state index in [0.717, 1.165) is 55.2 Å². The molecule has 1 saturated heterocycles. The third kappa shape index (κ3) is 3.83. The van der Waals surface area contributed by atoms with E-state index < -0.39 is 5.69 Å². The van der Waals surface area contributed by atoms with Crippen LogP contribution in [-0.2, 0) is 13.6 Å². The van der Waals surface area contributed by atoms with Crippen molar-refractivity contribution in [1.82, 2.24) is 24.1 Å². The van der Waals surface area contributed by atoms with E-state index in [4.69, 9.17) is 9.40 Å². The Morgan fingerprint density at radius 3 is 2.75 bits per heavy atom. The van der Waals surface area contributed by atoms with E-state index >= 15 is 0 Å². The van der Waals surface area contributed by atoms with Crippen LogP contribution in [0.5, 0.6) is 0 Å². The zero-order valence-corrected chi connectivity index (χ0v) is 19.0. The minimum Gasteiger partial charge on any atom is -0.431 e. The quantitative estimate of drug-likeness (QED) is 0.353. The van der Waals surface area contributed by atoms with Crippen LogP contribution in [0.3, 0.4) is 0 Å². The predicted octanol–water partition coefficient (Wildman–Crippen LogP) is 2.98. The molecule has 1 aromatic carbocycles. The summed E-state index contributed by atoms with van der Waals surface area (Å²) in [5.41, 5.74) is 1.68. The van der Waals surface area contributed by atoms with E-state index in [2.05, 4.69) is 21.8 Å². The third-order valence-corrected chi connectivity index (χ3v) is 6.99. The predicted molar refractivity (Wildman–Crippen MR) is 126 cm³/mol. The fourth-order valence-electron chi connectivity index (χ4n) is 4.18. The number of nitrogens with one attached hydrogen (secondary N) is 1. The molecule has 0 saturated carbocycles. The number of thioether (sulfide) groups is 1. The van der Waals surface area contributed by atoms with Gasteiger partial charge in [-0.15, -0.1) is 0 Å². The van der Waals surface area contributed by atoms with Gasteiger partial charge in [-0.25, -0.2) is 9.78 Å². The lowest BCUT2D eigenvalue weighted by Crippen LogP contribution is -2.35. The second-order valence-corrected chi connectivity index (χ2v) is 9.42. The summed E-state index contributed by atoms with van der Waals surface area (Å²) in [6.07, 6.45) is 2.98. The summed E-state index contributed by atoms with van der Waals surface area (Å²) in [7, 11) is 1.64. The van der Waals surface area contributed by atoms with Gasteiger partial charge in [-0.1, -0.05) is 30.8 Å². The molecule has 10 heteroatoms. The molecule has 0 bridgehead atoms. The molecule has 168 valence electrons. The van der Waals surface area contributed by atoms with Gasteiger partial charge in [-0.2, -0.15) is 4.98 Å². The first-order chi connectivity index (χ1) is 15.5. The summed E-state index contributed by atoms with van der Waals surface area (Å²) >= 11 is 1.56. The number of para-hydroxylation sites is 2. The zero-order valence-electron chi connectivity index (χ0n) is 18.2. The highest BCUT2D eigenvalue weighted by Gasteiger charge is 2.24. The molecule has 1 aliphatic rings. The van der Waals surface area contributed by atoms with Gasteiger partial charge in [-0.05, 0) is 37.3 Å². The van der Waals surface area contributed by atoms with E-state index in [0.29, 0.717) is 28.8 Å². The number of piperidine rings is 1. The number of anilines is 1. The van der Waals surface area contributed by atoms with Gasteiger partial charge >= 0.3 is 5.69 Å². The molecule has 4 aromatic rings. The number of hydrogen-bond donors (Lipinski definition) is 1. The lowest BCUT2D eigenvalue weighted by atomic mass is 10.00. The Kier molecular flexibility index (Phi) is 5.54. The molecule has 3 aromatic heterocycles. The molecule has 1 N–H and O–H groups in total. The molecular formula is C22H26N6O3S. The number of hydrogen-bond acceptors (Lipinski definition) is 7. The zero-order chi connectivity index (χ0) is 22.2. The normalized spacial score (nSPS) is 15.2. The van der Waals surface area contributed by atoms with Crippen molar-refractivity contribution in [2.45, 2.75) is 38.0 Å². The minimum atomic E-state index is -0.447. The van der Waals surface area contributed by atoms with Gasteiger partial charge in [0.15, 0.2) is 16.7 Å². The van der Waals surface area contributed by atoms with Crippen LogP contribution in [0.25, 0.3) is 22.3 Å². The standard InChI is InChI=1S/C22H26N6O3S/c1-14-8-11-27(12-9-14)20-24-18-17(19(29)25-21(30)26(18)2)28(20)10-5-13-32-22-23-15-6-3-4-7-16(15)31-22/h3-4,6-7,14H,5,8-13H2,1-2H3,(H,25,29,30). The number of aromatic amines is 1. The maximum atomic E-state index is 12.7. The summed E-state index contributed by atoms with van der Waals surface area (Å²) in [5, 5.41) is 0.646. The van der Waals surface area contributed by atoms with Crippen LogP contribution in [0.2, 0.25) is 0 Å². The molecule has 0 amide bonds. The topological polar surface area (TPSA) is 102 Å². The summed E-state index contributed by atoms with van der Waals surface area (Å²) < 4.78 is 9.17. The maximum Gasteiger partial charge on any atom is 0.329 e. The van der Waals surface area contributed by atoms with Crippen molar-refractivity contribution in [2.75, 3.05) is 23.7 Å². The minimum absolute atomic E-state index is 0.390. The van der Waals surface area contributed by atoms with Crippen molar-refractivity contribution in [3.05, 3.63) is 45.1 Å². The Labute approximate surface area is 188 Å². The number of H-pyrrole nitrogens is 1. The van der Waals surface area contributed by atoms with Gasteiger partial charge in [-0.3, -0.25) is 14.3 Å². The summed E-state index contributed by atoms with van der Waals surface area (Å²) in [4.78, 5) is 38.7. The van der Waals surface area contributed by atoms with E-state index in [-0.39, 0.29) is 5.56 Å². The average molecular weight is 455 g/mol. The number of aromatic nitrogens is 5. The smallest absolute Gasteiger partial charge is 0.329 e. The van der Waals surface area contributed by atoms with Gasteiger partial charge in [0.2, 0.25) is 5.95 Å². The fraction of sp³-hybridized carbons (Fsp3) is 0.455. The van der Waals surface area contributed by atoms with Gasteiger partial charge in [0.05, 0.1) is 0 Å². The molecule has 5 rings (SSSR count). The number of nitrogens with zero attached hydrogens (tertiary/aromatic N) is 5.